The van der Waals surface area contributed by atoms with Crippen LogP contribution in [0.5, 0.6) is 5.75 Å². The van der Waals surface area contributed by atoms with Crippen LogP contribution in [0.15, 0.2) is 29.3 Å². The summed E-state index contributed by atoms with van der Waals surface area (Å²) in [7, 11) is 0. The van der Waals surface area contributed by atoms with Crippen molar-refractivity contribution in [3.05, 3.63) is 40.5 Å². The Kier molecular flexibility index (Phi) is 8.43. The number of cyclic esters (lactones) is 1. The molecule has 6 unspecified atom stereocenters. The van der Waals surface area contributed by atoms with Crippen LogP contribution in [0.25, 0.3) is 0 Å². The van der Waals surface area contributed by atoms with Crippen LogP contribution < -0.4 is 0 Å². The minimum atomic E-state index is -1.54. The number of benzene rings is 1. The summed E-state index contributed by atoms with van der Waals surface area (Å²) in [5.74, 6) is 1.17. The Balaban J connectivity index is 1.15. The van der Waals surface area contributed by atoms with Crippen molar-refractivity contribution in [1.82, 2.24) is 0 Å². The molecular formula is C33H46O10. The van der Waals surface area contributed by atoms with Gasteiger partial charge in [0.1, 0.15) is 36.3 Å². The molecule has 2 aliphatic heterocycles. The van der Waals surface area contributed by atoms with Crippen molar-refractivity contribution in [1.29, 1.82) is 0 Å². The highest BCUT2D eigenvalue weighted by atomic mass is 16.7. The number of hydrogen-bond donors (Lipinski definition) is 6. The van der Waals surface area contributed by atoms with Crippen LogP contribution in [0.2, 0.25) is 0 Å². The first-order chi connectivity index (χ1) is 20.5. The highest BCUT2D eigenvalue weighted by Crippen LogP contribution is 2.66. The molecule has 0 radical (unpaired) electrons. The summed E-state index contributed by atoms with van der Waals surface area (Å²) < 4.78 is 17.3. The zero-order valence-corrected chi connectivity index (χ0v) is 25.1. The Morgan fingerprint density at radius 3 is 2.60 bits per heavy atom. The number of phenols is 1. The Hall–Kier alpha value is -2.05. The number of hydrogen-bond acceptors (Lipinski definition) is 10. The van der Waals surface area contributed by atoms with Gasteiger partial charge in [-0.3, -0.25) is 0 Å². The van der Waals surface area contributed by atoms with Crippen molar-refractivity contribution in [2.45, 2.75) is 108 Å². The monoisotopic (exact) mass is 602 g/mol. The maximum absolute atomic E-state index is 13.0. The van der Waals surface area contributed by atoms with Gasteiger partial charge in [-0.05, 0) is 91.2 Å². The molecule has 10 nitrogen and oxygen atoms in total. The molecule has 2 saturated carbocycles. The summed E-state index contributed by atoms with van der Waals surface area (Å²) >= 11 is 0. The van der Waals surface area contributed by atoms with Crippen molar-refractivity contribution in [3.8, 4) is 5.75 Å². The van der Waals surface area contributed by atoms with Gasteiger partial charge in [0.25, 0.3) is 0 Å². The zero-order chi connectivity index (χ0) is 30.8. The number of phenolic OH excluding ortho intramolecular Hbond substituents is 1. The molecule has 13 atom stereocenters. The quantitative estimate of drug-likeness (QED) is 0.266. The number of aliphatic hydroxyl groups excluding tert-OH is 5. The van der Waals surface area contributed by atoms with Crippen molar-refractivity contribution < 1.29 is 49.6 Å². The largest absolute Gasteiger partial charge is 0.508 e. The third kappa shape index (κ3) is 5.13. The summed E-state index contributed by atoms with van der Waals surface area (Å²) in [6, 6.07) is 5.48. The second kappa shape index (κ2) is 11.7. The average molecular weight is 603 g/mol. The molecule has 1 aromatic carbocycles. The van der Waals surface area contributed by atoms with Gasteiger partial charge in [-0.15, -0.1) is 0 Å². The third-order valence-electron chi connectivity index (χ3n) is 11.9. The van der Waals surface area contributed by atoms with Gasteiger partial charge < -0.3 is 44.8 Å². The number of aromatic hydroxyl groups is 1. The zero-order valence-electron chi connectivity index (χ0n) is 25.1. The van der Waals surface area contributed by atoms with Gasteiger partial charge in [0.05, 0.1) is 19.3 Å². The van der Waals surface area contributed by atoms with Gasteiger partial charge in [0.15, 0.2) is 6.29 Å². The van der Waals surface area contributed by atoms with Crippen molar-refractivity contribution in [2.75, 3.05) is 13.2 Å². The van der Waals surface area contributed by atoms with Crippen molar-refractivity contribution in [3.63, 3.8) is 0 Å². The highest BCUT2D eigenvalue weighted by Gasteiger charge is 2.58. The Morgan fingerprint density at radius 2 is 1.86 bits per heavy atom. The van der Waals surface area contributed by atoms with Gasteiger partial charge >= 0.3 is 5.97 Å². The standard InChI is InChI=1S/C33H46O10/c1-15-17(14-41-32-30(39)29(38)28(37)26(13-34)43-32)11-25(42-31(15)40)16(2)21-7-8-22-20-12-24(36)19-5-4-6-23(35)27(19)18(20)9-10-33(21,22)3/h4-6,16,18,20-22,24-26,28-30,32,34-39H,7-14H2,1-3H3/t16-,18?,20+,21+,22-,24-,25+,26?,28?,29?,30?,32?,33+/m0/s1. The summed E-state index contributed by atoms with van der Waals surface area (Å²) in [4.78, 5) is 13.0. The molecule has 0 bridgehead atoms. The summed E-state index contributed by atoms with van der Waals surface area (Å²) in [5.41, 5.74) is 2.98. The lowest BCUT2D eigenvalue weighted by atomic mass is 9.52. The van der Waals surface area contributed by atoms with Crippen LogP contribution in [0.1, 0.15) is 82.4 Å². The van der Waals surface area contributed by atoms with Gasteiger partial charge in [-0.25, -0.2) is 4.79 Å². The third-order valence-corrected chi connectivity index (χ3v) is 11.9. The molecule has 238 valence electrons. The van der Waals surface area contributed by atoms with Gasteiger partial charge in [-0.2, -0.15) is 0 Å². The molecule has 2 heterocycles. The van der Waals surface area contributed by atoms with E-state index in [1.807, 2.05) is 12.1 Å². The predicted molar refractivity (Wildman–Crippen MR) is 154 cm³/mol. The van der Waals surface area contributed by atoms with Crippen LogP contribution in [-0.2, 0) is 19.0 Å². The van der Waals surface area contributed by atoms with Gasteiger partial charge in [0, 0.05) is 17.6 Å². The maximum atomic E-state index is 13.0. The second-order valence-corrected chi connectivity index (χ2v) is 13.9. The fourth-order valence-corrected chi connectivity index (χ4v) is 9.44. The van der Waals surface area contributed by atoms with E-state index in [4.69, 9.17) is 14.2 Å². The summed E-state index contributed by atoms with van der Waals surface area (Å²) in [6.45, 7) is 5.64. The Bertz CT molecular complexity index is 1250. The highest BCUT2D eigenvalue weighted by molar-refractivity contribution is 5.89. The summed E-state index contributed by atoms with van der Waals surface area (Å²) in [6.07, 6.45) is -2.66. The fraction of sp³-hybridized carbons (Fsp3) is 0.727. The lowest BCUT2D eigenvalue weighted by Crippen LogP contribution is -2.59. The molecular weight excluding hydrogens is 556 g/mol. The maximum Gasteiger partial charge on any atom is 0.334 e. The first kappa shape index (κ1) is 31.0. The lowest BCUT2D eigenvalue weighted by molar-refractivity contribution is -0.299. The molecule has 6 N–H and O–H groups in total. The molecule has 1 aromatic rings. The van der Waals surface area contributed by atoms with E-state index < -0.39 is 49.4 Å². The molecule has 10 heteroatoms. The van der Waals surface area contributed by atoms with E-state index in [2.05, 4.69) is 13.8 Å². The molecule has 3 aliphatic carbocycles. The smallest absolute Gasteiger partial charge is 0.334 e. The predicted octanol–water partition coefficient (Wildman–Crippen LogP) is 2.44. The van der Waals surface area contributed by atoms with Crippen LogP contribution in [0, 0.1) is 29.1 Å². The van der Waals surface area contributed by atoms with E-state index in [9.17, 15) is 35.4 Å². The lowest BCUT2D eigenvalue weighted by Gasteiger charge is -2.53. The number of aliphatic hydroxyl groups is 5. The SMILES string of the molecule is CC1=C(COC2OC(CO)C(O)C(O)C2O)C[C@H]([C@@H](C)[C@H]2CC[C@H]3[C@@H]4C[C@H](O)c5cccc(O)c5C4CC[C@]23C)OC1=O. The van der Waals surface area contributed by atoms with Gasteiger partial charge in [-0.1, -0.05) is 26.0 Å². The van der Waals surface area contributed by atoms with E-state index >= 15 is 0 Å². The number of fused-ring (bicyclic) bond motifs is 5. The molecule has 5 aliphatic rings. The molecule has 1 saturated heterocycles. The first-order valence-electron chi connectivity index (χ1n) is 15.8. The molecule has 0 amide bonds. The van der Waals surface area contributed by atoms with Crippen LogP contribution in [0.3, 0.4) is 0 Å². The Morgan fingerprint density at radius 1 is 1.09 bits per heavy atom. The van der Waals surface area contributed by atoms with Crippen molar-refractivity contribution in [2.24, 2.45) is 29.1 Å². The molecule has 0 spiro atoms. The average Bonchev–Trinajstić information content (AvgIpc) is 3.34. The van der Waals surface area contributed by atoms with Crippen molar-refractivity contribution >= 4 is 5.97 Å². The topological polar surface area (TPSA) is 166 Å². The van der Waals surface area contributed by atoms with E-state index in [0.717, 1.165) is 42.4 Å². The molecule has 43 heavy (non-hydrogen) atoms. The van der Waals surface area contributed by atoms with E-state index in [1.165, 1.54) is 0 Å². The van der Waals surface area contributed by atoms with E-state index in [-0.39, 0.29) is 41.6 Å². The Labute approximate surface area is 252 Å². The normalized spacial score (nSPS) is 43.4. The molecule has 6 rings (SSSR count). The first-order valence-corrected chi connectivity index (χ1v) is 15.8. The number of carbonyl (C=O) groups excluding carboxylic acids is 1. The molecule has 0 aromatic heterocycles. The van der Waals surface area contributed by atoms with Gasteiger partial charge in [0.2, 0.25) is 0 Å². The van der Waals surface area contributed by atoms with Crippen LogP contribution in [-0.4, -0.2) is 86.6 Å². The van der Waals surface area contributed by atoms with E-state index in [0.29, 0.717) is 30.3 Å². The number of esters is 1. The number of rotatable bonds is 6. The van der Waals surface area contributed by atoms with E-state index in [1.54, 1.807) is 13.0 Å². The molecule has 3 fully saturated rings. The van der Waals surface area contributed by atoms with Crippen LogP contribution in [0.4, 0.5) is 0 Å². The second-order valence-electron chi connectivity index (χ2n) is 13.9. The number of ether oxygens (including phenoxy) is 3. The fourth-order valence-electron chi connectivity index (χ4n) is 9.44. The minimum absolute atomic E-state index is 0.0117. The number of carbonyl (C=O) groups is 1. The minimum Gasteiger partial charge on any atom is -0.508 e. The summed E-state index contributed by atoms with van der Waals surface area (Å²) in [5, 5.41) is 61.9. The van der Waals surface area contributed by atoms with Crippen LogP contribution >= 0.6 is 0 Å².